The summed E-state index contributed by atoms with van der Waals surface area (Å²) >= 11 is 0. The molecule has 10 heteroatoms. The smallest absolute Gasteiger partial charge is 0.283 e. The Kier molecular flexibility index (Phi) is 6.67. The molecule has 1 amide bonds. The summed E-state index contributed by atoms with van der Waals surface area (Å²) in [6.45, 7) is 2.10. The molecule has 0 bridgehead atoms. The van der Waals surface area contributed by atoms with Gasteiger partial charge in [-0.15, -0.1) is 0 Å². The molecule has 0 radical (unpaired) electrons. The van der Waals surface area contributed by atoms with E-state index >= 15 is 4.39 Å². The van der Waals surface area contributed by atoms with Crippen LogP contribution in [-0.4, -0.2) is 50.0 Å². The summed E-state index contributed by atoms with van der Waals surface area (Å²) in [5, 5.41) is 0. The lowest BCUT2D eigenvalue weighted by Gasteiger charge is -2.29. The van der Waals surface area contributed by atoms with Gasteiger partial charge in [-0.1, -0.05) is 44.2 Å². The first-order valence-corrected chi connectivity index (χ1v) is 11.9. The molecule has 3 rings (SSSR count). The molecule has 1 fully saturated rings. The van der Waals surface area contributed by atoms with E-state index in [0.29, 0.717) is 0 Å². The minimum Gasteiger partial charge on any atom is -0.331 e. The lowest BCUT2D eigenvalue weighted by atomic mass is 9.95. The Morgan fingerprint density at radius 3 is 2.44 bits per heavy atom. The lowest BCUT2D eigenvalue weighted by molar-refractivity contribution is -0.136. The Morgan fingerprint density at radius 2 is 1.84 bits per heavy atom. The average Bonchev–Trinajstić information content (AvgIpc) is 2.92. The number of alkyl halides is 2. The van der Waals surface area contributed by atoms with E-state index in [4.69, 9.17) is 0 Å². The Hall–Kier alpha value is -2.46. The van der Waals surface area contributed by atoms with Gasteiger partial charge in [0.1, 0.15) is 17.7 Å². The number of likely N-dealkylation sites (tertiary alicyclic amines) is 1. The normalized spacial score (nSPS) is 20.7. The largest absolute Gasteiger partial charge is 0.331 e. The van der Waals surface area contributed by atoms with Gasteiger partial charge in [-0.25, -0.2) is 30.7 Å². The fourth-order valence-electron chi connectivity index (χ4n) is 3.94. The summed E-state index contributed by atoms with van der Waals surface area (Å²) in [6, 6.07) is 6.37. The summed E-state index contributed by atoms with van der Waals surface area (Å²) in [5.74, 6) is -6.06. The Balaban J connectivity index is 2.04. The molecule has 0 aromatic heterocycles. The number of hydrogen-bond acceptors (Lipinski definition) is 3. The highest BCUT2D eigenvalue weighted by molar-refractivity contribution is 7.88. The predicted molar refractivity (Wildman–Crippen MR) is 113 cm³/mol. The summed E-state index contributed by atoms with van der Waals surface area (Å²) in [5.41, 5.74) is 0.347. The van der Waals surface area contributed by atoms with Gasteiger partial charge in [0.25, 0.3) is 5.92 Å². The van der Waals surface area contributed by atoms with E-state index in [1.165, 1.54) is 36.4 Å². The third kappa shape index (κ3) is 5.12. The van der Waals surface area contributed by atoms with Crippen LogP contribution in [0.1, 0.15) is 19.4 Å². The molecule has 1 aliphatic heterocycles. The molecule has 2 aromatic carbocycles. The molecular weight excluding hydrogens is 448 g/mol. The lowest BCUT2D eigenvalue weighted by Crippen LogP contribution is -2.52. The highest BCUT2D eigenvalue weighted by Gasteiger charge is 2.57. The minimum atomic E-state index is -4.04. The summed E-state index contributed by atoms with van der Waals surface area (Å²) in [4.78, 5) is 13.6. The van der Waals surface area contributed by atoms with Crippen molar-refractivity contribution in [3.63, 3.8) is 0 Å². The second-order valence-electron chi connectivity index (χ2n) is 8.31. The van der Waals surface area contributed by atoms with Crippen molar-refractivity contribution < 1.29 is 30.8 Å². The number of carbonyl (C=O) groups is 1. The number of rotatable bonds is 6. The highest BCUT2D eigenvalue weighted by Crippen LogP contribution is 2.37. The maximum atomic E-state index is 15.3. The van der Waals surface area contributed by atoms with E-state index < -0.39 is 58.0 Å². The molecule has 174 valence electrons. The van der Waals surface area contributed by atoms with Crippen molar-refractivity contribution in [2.24, 2.45) is 5.92 Å². The molecular formula is C22H24F4N2O3S. The Labute approximate surface area is 184 Å². The van der Waals surface area contributed by atoms with E-state index in [1.807, 2.05) is 4.72 Å². The van der Waals surface area contributed by atoms with Crippen LogP contribution in [0.3, 0.4) is 0 Å². The van der Waals surface area contributed by atoms with Crippen LogP contribution in [0.15, 0.2) is 42.5 Å². The maximum absolute atomic E-state index is 15.3. The van der Waals surface area contributed by atoms with Gasteiger partial charge in [0.05, 0.1) is 18.8 Å². The molecule has 2 atom stereocenters. The van der Waals surface area contributed by atoms with E-state index in [1.54, 1.807) is 13.8 Å². The third-order valence-electron chi connectivity index (χ3n) is 5.38. The molecule has 2 aromatic rings. The van der Waals surface area contributed by atoms with Gasteiger partial charge in [0.15, 0.2) is 0 Å². The number of nitrogens with zero attached hydrogens (tertiary/aromatic N) is 1. The van der Waals surface area contributed by atoms with Crippen LogP contribution < -0.4 is 4.72 Å². The van der Waals surface area contributed by atoms with Crippen molar-refractivity contribution >= 4 is 15.9 Å². The van der Waals surface area contributed by atoms with Crippen LogP contribution in [-0.2, 0) is 21.2 Å². The number of hydrogen-bond donors (Lipinski definition) is 1. The summed E-state index contributed by atoms with van der Waals surface area (Å²) < 4.78 is 84.0. The van der Waals surface area contributed by atoms with Crippen molar-refractivity contribution in [2.45, 2.75) is 38.3 Å². The van der Waals surface area contributed by atoms with Gasteiger partial charge in [-0.2, -0.15) is 0 Å². The van der Waals surface area contributed by atoms with Crippen LogP contribution in [0.5, 0.6) is 0 Å². The fraction of sp³-hybridized carbons (Fsp3) is 0.409. The van der Waals surface area contributed by atoms with Crippen LogP contribution in [0.2, 0.25) is 0 Å². The molecule has 1 aliphatic rings. The maximum Gasteiger partial charge on any atom is 0.283 e. The topological polar surface area (TPSA) is 66.5 Å². The summed E-state index contributed by atoms with van der Waals surface area (Å²) in [6.07, 6.45) is 0.397. The third-order valence-corrected chi connectivity index (χ3v) is 6.06. The molecule has 1 N–H and O–H groups in total. The monoisotopic (exact) mass is 472 g/mol. The van der Waals surface area contributed by atoms with Gasteiger partial charge in [-0.05, 0) is 29.7 Å². The molecule has 32 heavy (non-hydrogen) atoms. The molecule has 5 nitrogen and oxygen atoms in total. The van der Waals surface area contributed by atoms with Gasteiger partial charge in [-0.3, -0.25) is 4.79 Å². The van der Waals surface area contributed by atoms with Gasteiger partial charge in [0, 0.05) is 11.5 Å². The zero-order valence-electron chi connectivity index (χ0n) is 17.8. The van der Waals surface area contributed by atoms with Crippen LogP contribution in [0.25, 0.3) is 11.1 Å². The number of nitrogens with one attached hydrogen (secondary N) is 1. The average molecular weight is 473 g/mol. The number of benzene rings is 2. The second-order valence-corrected chi connectivity index (χ2v) is 10.1. The van der Waals surface area contributed by atoms with Crippen molar-refractivity contribution in [3.05, 3.63) is 59.7 Å². The SMILES string of the molecule is CC(C)C(=O)N1CC(F)(F)[C@H](NS(C)(=O)=O)[C@@H]1Cc1cccc(-c2cccc(F)c2)c1F. The van der Waals surface area contributed by atoms with Crippen molar-refractivity contribution in [1.82, 2.24) is 9.62 Å². The number of sulfonamides is 1. The zero-order chi connectivity index (χ0) is 23.8. The van der Waals surface area contributed by atoms with Gasteiger partial charge in [0.2, 0.25) is 15.9 Å². The molecule has 0 unspecified atom stereocenters. The summed E-state index contributed by atoms with van der Waals surface area (Å²) in [7, 11) is -4.04. The van der Waals surface area contributed by atoms with Crippen LogP contribution >= 0.6 is 0 Å². The first-order chi connectivity index (χ1) is 14.8. The molecule has 0 saturated carbocycles. The Morgan fingerprint density at radius 1 is 1.19 bits per heavy atom. The van der Waals surface area contributed by atoms with E-state index in [9.17, 15) is 26.4 Å². The molecule has 1 saturated heterocycles. The first kappa shape index (κ1) is 24.2. The van der Waals surface area contributed by atoms with Crippen molar-refractivity contribution in [2.75, 3.05) is 12.8 Å². The van der Waals surface area contributed by atoms with E-state index in [2.05, 4.69) is 0 Å². The van der Waals surface area contributed by atoms with E-state index in [0.717, 1.165) is 17.2 Å². The minimum absolute atomic E-state index is 0.0105. The van der Waals surface area contributed by atoms with E-state index in [-0.39, 0.29) is 23.1 Å². The molecule has 1 heterocycles. The fourth-order valence-corrected chi connectivity index (χ4v) is 4.73. The standard InChI is InChI=1S/C22H24F4N2O3S/c1-13(2)21(29)28-12-22(25,26)20(27-32(3,30)31)18(28)11-15-7-5-9-17(19(15)24)14-6-4-8-16(23)10-14/h4-10,13,18,20,27H,11-12H2,1-3H3/t18-,20+/m0/s1. The quantitative estimate of drug-likeness (QED) is 0.654. The van der Waals surface area contributed by atoms with Gasteiger partial charge >= 0.3 is 0 Å². The molecule has 0 aliphatic carbocycles. The Bertz CT molecular complexity index is 1120. The predicted octanol–water partition coefficient (Wildman–Crippen LogP) is 3.59. The molecule has 0 spiro atoms. The van der Waals surface area contributed by atoms with Crippen LogP contribution in [0.4, 0.5) is 17.6 Å². The van der Waals surface area contributed by atoms with Gasteiger partial charge < -0.3 is 4.90 Å². The van der Waals surface area contributed by atoms with Crippen molar-refractivity contribution in [3.8, 4) is 11.1 Å². The number of amides is 1. The first-order valence-electron chi connectivity index (χ1n) is 9.99. The second kappa shape index (κ2) is 8.82. The number of halogens is 4. The number of carbonyl (C=O) groups excluding carboxylic acids is 1. The van der Waals surface area contributed by atoms with Crippen LogP contribution in [0, 0.1) is 17.6 Å². The highest BCUT2D eigenvalue weighted by atomic mass is 32.2. The zero-order valence-corrected chi connectivity index (χ0v) is 18.6. The van der Waals surface area contributed by atoms with Crippen molar-refractivity contribution in [1.29, 1.82) is 0 Å².